The normalized spacial score (nSPS) is 29.1. The minimum Gasteiger partial charge on any atom is -0.493 e. The molecule has 2 heterocycles. The molecular formula is C26H32O11. The van der Waals surface area contributed by atoms with Gasteiger partial charge in [0.1, 0.15) is 30.5 Å². The molecule has 2 aromatic rings. The number of aliphatic hydroxyl groups is 6. The van der Waals surface area contributed by atoms with E-state index in [9.17, 15) is 25.5 Å². The SMILES string of the molecule is COc1cc([C@@H]2Oc3c(OC)cc(C=CCO)cc3[C@H]2CO)ccc1O[C@@H]1O[C@H](CO)[C@@H](O)[C@@H](O)[C@@H]1O. The van der Waals surface area contributed by atoms with Crippen molar-refractivity contribution >= 4 is 6.08 Å². The van der Waals surface area contributed by atoms with Gasteiger partial charge >= 0.3 is 0 Å². The summed E-state index contributed by atoms with van der Waals surface area (Å²) in [7, 11) is 2.95. The zero-order chi connectivity index (χ0) is 26.7. The summed E-state index contributed by atoms with van der Waals surface area (Å²) >= 11 is 0. The van der Waals surface area contributed by atoms with Crippen LogP contribution in [0.15, 0.2) is 36.4 Å². The summed E-state index contributed by atoms with van der Waals surface area (Å²) in [6, 6.07) is 8.60. The van der Waals surface area contributed by atoms with Gasteiger partial charge in [0.2, 0.25) is 6.29 Å². The van der Waals surface area contributed by atoms with E-state index in [-0.39, 0.29) is 24.7 Å². The van der Waals surface area contributed by atoms with Gasteiger partial charge in [0.25, 0.3) is 0 Å². The molecular weight excluding hydrogens is 488 g/mol. The number of fused-ring (bicyclic) bond motifs is 1. The Balaban J connectivity index is 1.61. The maximum Gasteiger partial charge on any atom is 0.229 e. The molecule has 1 saturated heterocycles. The van der Waals surface area contributed by atoms with Crippen molar-refractivity contribution in [3.05, 3.63) is 53.1 Å². The van der Waals surface area contributed by atoms with Crippen LogP contribution in [0.3, 0.4) is 0 Å². The van der Waals surface area contributed by atoms with Crippen LogP contribution < -0.4 is 18.9 Å². The van der Waals surface area contributed by atoms with Crippen LogP contribution in [-0.2, 0) is 4.74 Å². The highest BCUT2D eigenvalue weighted by atomic mass is 16.7. The minimum absolute atomic E-state index is 0.112. The Kier molecular flexibility index (Phi) is 8.55. The molecule has 0 radical (unpaired) electrons. The van der Waals surface area contributed by atoms with Crippen LogP contribution >= 0.6 is 0 Å². The largest absolute Gasteiger partial charge is 0.493 e. The van der Waals surface area contributed by atoms with Crippen molar-refractivity contribution < 1.29 is 54.3 Å². The Hall–Kier alpha value is -2.90. The Bertz CT molecular complexity index is 1100. The Morgan fingerprint density at radius 2 is 1.62 bits per heavy atom. The second-order valence-corrected chi connectivity index (χ2v) is 8.78. The van der Waals surface area contributed by atoms with E-state index in [1.807, 2.05) is 6.07 Å². The van der Waals surface area contributed by atoms with E-state index in [2.05, 4.69) is 0 Å². The Labute approximate surface area is 213 Å². The molecule has 2 aliphatic rings. The lowest BCUT2D eigenvalue weighted by atomic mass is 9.90. The van der Waals surface area contributed by atoms with Gasteiger partial charge in [-0.3, -0.25) is 0 Å². The number of benzene rings is 2. The molecule has 6 N–H and O–H groups in total. The zero-order valence-corrected chi connectivity index (χ0v) is 20.4. The summed E-state index contributed by atoms with van der Waals surface area (Å²) in [6.45, 7) is -0.900. The number of aliphatic hydroxyl groups excluding tert-OH is 6. The van der Waals surface area contributed by atoms with Crippen LogP contribution in [0.4, 0.5) is 0 Å². The van der Waals surface area contributed by atoms with Crippen molar-refractivity contribution in [2.75, 3.05) is 34.0 Å². The zero-order valence-electron chi connectivity index (χ0n) is 20.4. The molecule has 7 atom stereocenters. The van der Waals surface area contributed by atoms with Crippen LogP contribution in [0.25, 0.3) is 6.08 Å². The van der Waals surface area contributed by atoms with Gasteiger partial charge < -0.3 is 54.3 Å². The van der Waals surface area contributed by atoms with Gasteiger partial charge in [-0.05, 0) is 35.4 Å². The van der Waals surface area contributed by atoms with E-state index in [0.717, 1.165) is 11.1 Å². The van der Waals surface area contributed by atoms with E-state index >= 15 is 0 Å². The highest BCUT2D eigenvalue weighted by molar-refractivity contribution is 5.62. The number of hydrogen-bond acceptors (Lipinski definition) is 11. The third-order valence-electron chi connectivity index (χ3n) is 6.56. The third kappa shape index (κ3) is 5.25. The molecule has 0 aromatic heterocycles. The Morgan fingerprint density at radius 3 is 2.27 bits per heavy atom. The number of methoxy groups -OCH3 is 2. The molecule has 0 amide bonds. The number of hydrogen-bond donors (Lipinski definition) is 6. The molecule has 202 valence electrons. The topological polar surface area (TPSA) is 168 Å². The van der Waals surface area contributed by atoms with Gasteiger partial charge in [0.05, 0.1) is 40.0 Å². The molecule has 37 heavy (non-hydrogen) atoms. The average Bonchev–Trinajstić information content (AvgIpc) is 3.30. The van der Waals surface area contributed by atoms with Gasteiger partial charge in [-0.2, -0.15) is 0 Å². The summed E-state index contributed by atoms with van der Waals surface area (Å²) in [6.07, 6.45) is -4.38. The molecule has 0 spiro atoms. The maximum atomic E-state index is 10.3. The molecule has 2 aliphatic heterocycles. The molecule has 1 fully saturated rings. The monoisotopic (exact) mass is 520 g/mol. The van der Waals surface area contributed by atoms with Crippen LogP contribution in [0.2, 0.25) is 0 Å². The average molecular weight is 521 g/mol. The predicted molar refractivity (Wildman–Crippen MR) is 130 cm³/mol. The standard InChI is InChI=1S/C26H32O11/c1-33-18-10-14(5-6-17(18)35-26-23(32)22(31)21(30)20(12-29)36-26)24-16(11-28)15-8-13(4-3-7-27)9-19(34-2)25(15)37-24/h3-6,8-10,16,20-24,26-32H,7,11-12H2,1-2H3/t16-,20-,21-,22-,23+,24+,26-/m1/s1. The van der Waals surface area contributed by atoms with Crippen molar-refractivity contribution in [1.82, 2.24) is 0 Å². The molecule has 0 saturated carbocycles. The van der Waals surface area contributed by atoms with Crippen LogP contribution in [-0.4, -0.2) is 95.4 Å². The van der Waals surface area contributed by atoms with Crippen LogP contribution in [0.5, 0.6) is 23.0 Å². The lowest BCUT2D eigenvalue weighted by Crippen LogP contribution is -2.60. The first kappa shape index (κ1) is 27.1. The van der Waals surface area contributed by atoms with Crippen molar-refractivity contribution in [2.24, 2.45) is 0 Å². The first-order valence-electron chi connectivity index (χ1n) is 11.8. The number of ether oxygens (including phenoxy) is 5. The summed E-state index contributed by atoms with van der Waals surface area (Å²) in [5.41, 5.74) is 2.21. The molecule has 4 rings (SSSR count). The van der Waals surface area contributed by atoms with E-state index in [4.69, 9.17) is 28.8 Å². The number of rotatable bonds is 9. The maximum absolute atomic E-state index is 10.3. The summed E-state index contributed by atoms with van der Waals surface area (Å²) < 4.78 is 28.4. The lowest BCUT2D eigenvalue weighted by Gasteiger charge is -2.39. The fraction of sp³-hybridized carbons (Fsp3) is 0.462. The molecule has 2 aromatic carbocycles. The van der Waals surface area contributed by atoms with Gasteiger partial charge in [0.15, 0.2) is 23.0 Å². The van der Waals surface area contributed by atoms with Gasteiger partial charge in [-0.1, -0.05) is 18.2 Å². The van der Waals surface area contributed by atoms with Gasteiger partial charge in [0, 0.05) is 5.56 Å². The van der Waals surface area contributed by atoms with E-state index in [0.29, 0.717) is 17.1 Å². The van der Waals surface area contributed by atoms with Crippen LogP contribution in [0, 0.1) is 0 Å². The van der Waals surface area contributed by atoms with E-state index < -0.39 is 49.3 Å². The second-order valence-electron chi connectivity index (χ2n) is 8.78. The quantitative estimate of drug-likeness (QED) is 0.265. The second kappa shape index (κ2) is 11.7. The smallest absolute Gasteiger partial charge is 0.229 e. The third-order valence-corrected chi connectivity index (χ3v) is 6.56. The van der Waals surface area contributed by atoms with E-state index in [1.165, 1.54) is 14.2 Å². The fourth-order valence-electron chi connectivity index (χ4n) is 4.60. The van der Waals surface area contributed by atoms with Gasteiger partial charge in [-0.15, -0.1) is 0 Å². The van der Waals surface area contributed by atoms with Crippen molar-refractivity contribution in [3.8, 4) is 23.0 Å². The predicted octanol–water partition coefficient (Wildman–Crippen LogP) is 0.0976. The minimum atomic E-state index is -1.58. The van der Waals surface area contributed by atoms with Crippen molar-refractivity contribution in [2.45, 2.75) is 42.7 Å². The first-order valence-corrected chi connectivity index (χ1v) is 11.8. The first-order chi connectivity index (χ1) is 17.9. The fourth-order valence-corrected chi connectivity index (χ4v) is 4.60. The summed E-state index contributed by atoms with van der Waals surface area (Å²) in [5, 5.41) is 59.1. The highest BCUT2D eigenvalue weighted by Gasteiger charge is 2.45. The van der Waals surface area contributed by atoms with Crippen molar-refractivity contribution in [3.63, 3.8) is 0 Å². The van der Waals surface area contributed by atoms with E-state index in [1.54, 1.807) is 36.4 Å². The molecule has 0 unspecified atom stereocenters. The highest BCUT2D eigenvalue weighted by Crippen LogP contribution is 2.51. The molecule has 0 aliphatic carbocycles. The molecule has 11 nitrogen and oxygen atoms in total. The molecule has 0 bridgehead atoms. The van der Waals surface area contributed by atoms with Crippen molar-refractivity contribution in [1.29, 1.82) is 0 Å². The summed E-state index contributed by atoms with van der Waals surface area (Å²) in [5.74, 6) is 1.03. The summed E-state index contributed by atoms with van der Waals surface area (Å²) in [4.78, 5) is 0. The van der Waals surface area contributed by atoms with Gasteiger partial charge in [-0.25, -0.2) is 0 Å². The lowest BCUT2D eigenvalue weighted by molar-refractivity contribution is -0.277. The van der Waals surface area contributed by atoms with Crippen LogP contribution in [0.1, 0.15) is 28.7 Å². The Morgan fingerprint density at radius 1 is 0.865 bits per heavy atom. The molecule has 11 heteroatoms.